The molecule has 0 aliphatic carbocycles. The molecule has 6 heteroatoms. The first-order chi connectivity index (χ1) is 7.87. The molecule has 1 atom stereocenters. The Morgan fingerprint density at radius 3 is 2.29 bits per heavy atom. The number of anilines is 1. The normalized spacial score (nSPS) is 13.5. The van der Waals surface area contributed by atoms with Crippen LogP contribution in [0.2, 0.25) is 0 Å². The summed E-state index contributed by atoms with van der Waals surface area (Å²) in [5.41, 5.74) is 6.16. The molecule has 3 N–H and O–H groups in total. The molecule has 0 aromatic heterocycles. The number of nitrogens with two attached hydrogens (primary N) is 1. The molecule has 1 unspecified atom stereocenters. The Morgan fingerprint density at radius 1 is 1.18 bits per heavy atom. The van der Waals surface area contributed by atoms with Crippen molar-refractivity contribution in [1.82, 2.24) is 0 Å². The first-order valence-electron chi connectivity index (χ1n) is 5.18. The van der Waals surface area contributed by atoms with E-state index in [9.17, 15) is 17.6 Å². The van der Waals surface area contributed by atoms with Crippen LogP contribution in [0.4, 0.5) is 23.2 Å². The zero-order valence-corrected chi connectivity index (χ0v) is 9.10. The lowest BCUT2D eigenvalue weighted by Crippen LogP contribution is -2.30. The predicted octanol–water partition coefficient (Wildman–Crippen LogP) is 2.91. The highest BCUT2D eigenvalue weighted by Crippen LogP contribution is 2.21. The van der Waals surface area contributed by atoms with Crippen molar-refractivity contribution in [1.29, 1.82) is 0 Å². The van der Waals surface area contributed by atoms with Gasteiger partial charge in [0.15, 0.2) is 0 Å². The minimum Gasteiger partial charge on any atom is -0.383 e. The second-order valence-electron chi connectivity index (χ2n) is 3.80. The predicted molar refractivity (Wildman–Crippen MR) is 58.2 cm³/mol. The van der Waals surface area contributed by atoms with Gasteiger partial charge in [-0.3, -0.25) is 0 Å². The van der Waals surface area contributed by atoms with E-state index in [1.54, 1.807) is 0 Å². The fraction of sp³-hybridized carbons (Fsp3) is 0.455. The quantitative estimate of drug-likeness (QED) is 0.788. The van der Waals surface area contributed by atoms with Gasteiger partial charge in [0.25, 0.3) is 0 Å². The highest BCUT2D eigenvalue weighted by atomic mass is 19.4. The van der Waals surface area contributed by atoms with Crippen LogP contribution in [-0.2, 0) is 0 Å². The molecule has 0 aliphatic rings. The van der Waals surface area contributed by atoms with Crippen LogP contribution >= 0.6 is 0 Å². The molecule has 1 rings (SSSR count). The third-order valence-electron chi connectivity index (χ3n) is 2.21. The van der Waals surface area contributed by atoms with E-state index in [4.69, 9.17) is 5.73 Å². The Labute approximate surface area is 96.8 Å². The maximum atomic E-state index is 12.6. The van der Waals surface area contributed by atoms with Crippen molar-refractivity contribution >= 4 is 5.69 Å². The Balaban J connectivity index is 2.28. The number of hydrogen-bond donors (Lipinski definition) is 2. The fourth-order valence-electron chi connectivity index (χ4n) is 1.27. The van der Waals surface area contributed by atoms with Crippen molar-refractivity contribution in [2.24, 2.45) is 5.73 Å². The van der Waals surface area contributed by atoms with E-state index in [-0.39, 0.29) is 18.8 Å². The molecule has 0 radical (unpaired) electrons. The lowest BCUT2D eigenvalue weighted by molar-refractivity contribution is -0.136. The van der Waals surface area contributed by atoms with Gasteiger partial charge in [0.1, 0.15) is 5.82 Å². The summed E-state index contributed by atoms with van der Waals surface area (Å²) in [5.74, 6) is -0.364. The Hall–Kier alpha value is -1.30. The standard InChI is InChI=1S/C11H14F4N2/c12-8-1-3-10(4-2-8)17-7-9(16)5-6-11(13,14)15/h1-4,9,17H,5-7,16H2. The molecule has 0 saturated carbocycles. The SMILES string of the molecule is NC(CCC(F)(F)F)CNc1ccc(F)cc1. The van der Waals surface area contributed by atoms with E-state index in [2.05, 4.69) is 5.32 Å². The average Bonchev–Trinajstić information content (AvgIpc) is 2.25. The molecule has 0 fully saturated rings. The molecule has 0 amide bonds. The summed E-state index contributed by atoms with van der Waals surface area (Å²) in [5, 5.41) is 2.85. The van der Waals surface area contributed by atoms with E-state index in [0.29, 0.717) is 5.69 Å². The minimum atomic E-state index is -4.17. The van der Waals surface area contributed by atoms with Gasteiger partial charge in [-0.25, -0.2) is 4.39 Å². The molecule has 0 saturated heterocycles. The lowest BCUT2D eigenvalue weighted by atomic mass is 10.1. The molecule has 96 valence electrons. The largest absolute Gasteiger partial charge is 0.389 e. The molecule has 1 aromatic carbocycles. The average molecular weight is 250 g/mol. The van der Waals surface area contributed by atoms with Gasteiger partial charge < -0.3 is 11.1 Å². The van der Waals surface area contributed by atoms with Gasteiger partial charge in [-0.15, -0.1) is 0 Å². The second-order valence-corrected chi connectivity index (χ2v) is 3.80. The smallest absolute Gasteiger partial charge is 0.383 e. The van der Waals surface area contributed by atoms with Gasteiger partial charge >= 0.3 is 6.18 Å². The summed E-state index contributed by atoms with van der Waals surface area (Å²) in [6.07, 6.45) is -5.19. The summed E-state index contributed by atoms with van der Waals surface area (Å²) in [7, 11) is 0. The first kappa shape index (κ1) is 13.8. The molecule has 0 heterocycles. The number of halogens is 4. The lowest BCUT2D eigenvalue weighted by Gasteiger charge is -2.14. The van der Waals surface area contributed by atoms with Gasteiger partial charge in [0.05, 0.1) is 0 Å². The summed E-state index contributed by atoms with van der Waals surface area (Å²) in [4.78, 5) is 0. The zero-order valence-electron chi connectivity index (χ0n) is 9.10. The molecule has 0 spiro atoms. The highest BCUT2D eigenvalue weighted by Gasteiger charge is 2.27. The van der Waals surface area contributed by atoms with E-state index in [1.165, 1.54) is 24.3 Å². The molecular weight excluding hydrogens is 236 g/mol. The molecule has 17 heavy (non-hydrogen) atoms. The molecule has 1 aromatic rings. The van der Waals surface area contributed by atoms with Crippen LogP contribution < -0.4 is 11.1 Å². The second kappa shape index (κ2) is 5.86. The van der Waals surface area contributed by atoms with Gasteiger partial charge in [-0.1, -0.05) is 0 Å². The Bertz CT molecular complexity index is 334. The maximum Gasteiger partial charge on any atom is 0.389 e. The number of hydrogen-bond acceptors (Lipinski definition) is 2. The topological polar surface area (TPSA) is 38.0 Å². The zero-order chi connectivity index (χ0) is 12.9. The summed E-state index contributed by atoms with van der Waals surface area (Å²) in [6, 6.07) is 4.96. The van der Waals surface area contributed by atoms with Crippen molar-refractivity contribution < 1.29 is 17.6 Å². The summed E-state index contributed by atoms with van der Waals surface area (Å²) in [6.45, 7) is 0.224. The van der Waals surface area contributed by atoms with Gasteiger partial charge in [0, 0.05) is 24.7 Å². The van der Waals surface area contributed by atoms with Crippen LogP contribution in [0.25, 0.3) is 0 Å². The Morgan fingerprint density at radius 2 is 1.76 bits per heavy atom. The number of nitrogens with one attached hydrogen (secondary N) is 1. The number of rotatable bonds is 5. The highest BCUT2D eigenvalue weighted by molar-refractivity contribution is 5.42. The molecule has 2 nitrogen and oxygen atoms in total. The number of alkyl halides is 3. The number of benzene rings is 1. The third kappa shape index (κ3) is 6.11. The molecule has 0 bridgehead atoms. The van der Waals surface area contributed by atoms with Crippen LogP contribution in [0.3, 0.4) is 0 Å². The van der Waals surface area contributed by atoms with E-state index in [1.807, 2.05) is 0 Å². The van der Waals surface area contributed by atoms with Gasteiger partial charge in [-0.05, 0) is 30.7 Å². The fourth-order valence-corrected chi connectivity index (χ4v) is 1.27. The summed E-state index contributed by atoms with van der Waals surface area (Å²) >= 11 is 0. The van der Waals surface area contributed by atoms with Gasteiger partial charge in [0.2, 0.25) is 0 Å². The van der Waals surface area contributed by atoms with Crippen LogP contribution in [0.5, 0.6) is 0 Å². The van der Waals surface area contributed by atoms with Crippen molar-refractivity contribution in [2.45, 2.75) is 25.1 Å². The van der Waals surface area contributed by atoms with Crippen LogP contribution in [0.15, 0.2) is 24.3 Å². The van der Waals surface area contributed by atoms with Crippen molar-refractivity contribution in [3.63, 3.8) is 0 Å². The van der Waals surface area contributed by atoms with Crippen molar-refractivity contribution in [3.05, 3.63) is 30.1 Å². The van der Waals surface area contributed by atoms with Crippen LogP contribution in [0, 0.1) is 5.82 Å². The molecular formula is C11H14F4N2. The first-order valence-corrected chi connectivity index (χ1v) is 5.18. The van der Waals surface area contributed by atoms with Crippen LogP contribution in [-0.4, -0.2) is 18.8 Å². The third-order valence-corrected chi connectivity index (χ3v) is 2.21. The van der Waals surface area contributed by atoms with E-state index < -0.39 is 18.6 Å². The van der Waals surface area contributed by atoms with Crippen molar-refractivity contribution in [3.8, 4) is 0 Å². The monoisotopic (exact) mass is 250 g/mol. The van der Waals surface area contributed by atoms with E-state index in [0.717, 1.165) is 0 Å². The minimum absolute atomic E-state index is 0.127. The van der Waals surface area contributed by atoms with E-state index >= 15 is 0 Å². The summed E-state index contributed by atoms with van der Waals surface area (Å²) < 4.78 is 48.3. The van der Waals surface area contributed by atoms with Crippen molar-refractivity contribution in [2.75, 3.05) is 11.9 Å². The maximum absolute atomic E-state index is 12.6. The van der Waals surface area contributed by atoms with Crippen LogP contribution in [0.1, 0.15) is 12.8 Å². The van der Waals surface area contributed by atoms with Gasteiger partial charge in [-0.2, -0.15) is 13.2 Å². The molecule has 0 aliphatic heterocycles. The Kier molecular flexibility index (Phi) is 4.74.